The predicted molar refractivity (Wildman–Crippen MR) is 161 cm³/mol. The van der Waals surface area contributed by atoms with Gasteiger partial charge in [0, 0.05) is 29.7 Å². The highest BCUT2D eigenvalue weighted by atomic mass is 35.5. The summed E-state index contributed by atoms with van der Waals surface area (Å²) in [6, 6.07) is 18.1. The van der Waals surface area contributed by atoms with E-state index in [9.17, 15) is 14.3 Å². The van der Waals surface area contributed by atoms with E-state index in [4.69, 9.17) is 23.2 Å². The predicted octanol–water partition coefficient (Wildman–Crippen LogP) is 8.55. The minimum atomic E-state index is -0.898. The van der Waals surface area contributed by atoms with Crippen LogP contribution in [0.5, 0.6) is 0 Å². The molecule has 0 atom stereocenters. The van der Waals surface area contributed by atoms with Gasteiger partial charge in [0.15, 0.2) is 0 Å². The highest BCUT2D eigenvalue weighted by Gasteiger charge is 2.27. The molecule has 1 saturated heterocycles. The normalized spacial score (nSPS) is 15.8. The van der Waals surface area contributed by atoms with Gasteiger partial charge < -0.3 is 10.0 Å². The maximum Gasteiger partial charge on any atom is 0.335 e. The van der Waals surface area contributed by atoms with Gasteiger partial charge in [0.05, 0.1) is 12.2 Å². The van der Waals surface area contributed by atoms with E-state index in [1.54, 1.807) is 12.1 Å². The Morgan fingerprint density at radius 3 is 2.41 bits per heavy atom. The van der Waals surface area contributed by atoms with E-state index in [1.807, 2.05) is 25.1 Å². The van der Waals surface area contributed by atoms with Crippen LogP contribution in [0.15, 0.2) is 54.6 Å². The quantitative estimate of drug-likeness (QED) is 0.287. The molecule has 0 saturated carbocycles. The smallest absolute Gasteiger partial charge is 0.335 e. The first kappa shape index (κ1) is 29.6. The number of fused-ring (bicyclic) bond motifs is 1. The summed E-state index contributed by atoms with van der Waals surface area (Å²) in [5.74, 6) is -0.288. The summed E-state index contributed by atoms with van der Waals surface area (Å²) in [6.45, 7) is 4.58. The average Bonchev–Trinajstić information content (AvgIpc) is 3.06. The molecular formula is C32H33Cl3FNO2. The molecular weight excluding hydrogens is 556 g/mol. The highest BCUT2D eigenvalue weighted by Crippen LogP contribution is 2.43. The van der Waals surface area contributed by atoms with Crippen LogP contribution >= 0.6 is 35.6 Å². The zero-order valence-electron chi connectivity index (χ0n) is 22.0. The molecule has 39 heavy (non-hydrogen) atoms. The largest absolute Gasteiger partial charge is 0.478 e. The lowest BCUT2D eigenvalue weighted by Crippen LogP contribution is -2.47. The number of hydrogen-bond acceptors (Lipinski definition) is 2. The highest BCUT2D eigenvalue weighted by molar-refractivity contribution is 6.36. The number of aromatic carboxylic acids is 1. The van der Waals surface area contributed by atoms with E-state index in [0.717, 1.165) is 84.3 Å². The third-order valence-corrected chi connectivity index (χ3v) is 8.47. The van der Waals surface area contributed by atoms with Gasteiger partial charge in [0.1, 0.15) is 0 Å². The lowest BCUT2D eigenvalue weighted by molar-refractivity contribution is 0.0696. The van der Waals surface area contributed by atoms with Crippen molar-refractivity contribution in [1.82, 2.24) is 4.90 Å². The molecule has 3 aromatic rings. The molecule has 3 aromatic carbocycles. The molecule has 1 heterocycles. The summed E-state index contributed by atoms with van der Waals surface area (Å²) in [4.78, 5) is 14.2. The number of carbonyl (C=O) groups is 1. The molecule has 0 unspecified atom stereocenters. The number of halogens is 4. The number of carboxylic acids is 1. The van der Waals surface area contributed by atoms with E-state index in [-0.39, 0.29) is 19.1 Å². The van der Waals surface area contributed by atoms with E-state index >= 15 is 0 Å². The molecule has 0 aromatic heterocycles. The average molecular weight is 589 g/mol. The lowest BCUT2D eigenvalue weighted by atomic mass is 9.85. The van der Waals surface area contributed by atoms with Gasteiger partial charge in [-0.05, 0) is 108 Å². The number of allylic oxidation sites excluding steroid dienone is 1. The summed E-state index contributed by atoms with van der Waals surface area (Å²) < 4.78 is 12.5. The maximum absolute atomic E-state index is 12.5. The minimum absolute atomic E-state index is 0. The fourth-order valence-corrected chi connectivity index (χ4v) is 6.54. The molecule has 1 aliphatic carbocycles. The van der Waals surface area contributed by atoms with Crippen molar-refractivity contribution in [3.63, 3.8) is 0 Å². The monoisotopic (exact) mass is 587 g/mol. The van der Waals surface area contributed by atoms with Gasteiger partial charge in [-0.15, -0.1) is 12.4 Å². The number of carboxylic acid groups (broad SMARTS) is 1. The van der Waals surface area contributed by atoms with Crippen molar-refractivity contribution in [2.45, 2.75) is 39.0 Å². The Kier molecular flexibility index (Phi) is 9.77. The molecule has 0 bridgehead atoms. The van der Waals surface area contributed by atoms with Crippen molar-refractivity contribution in [2.24, 2.45) is 5.92 Å². The molecule has 5 rings (SSSR count). The van der Waals surface area contributed by atoms with Gasteiger partial charge >= 0.3 is 5.97 Å². The Balaban J connectivity index is 0.00000353. The van der Waals surface area contributed by atoms with Crippen LogP contribution in [-0.4, -0.2) is 42.3 Å². The van der Waals surface area contributed by atoms with Gasteiger partial charge in [-0.25, -0.2) is 4.79 Å². The van der Waals surface area contributed by atoms with Crippen molar-refractivity contribution >= 4 is 52.7 Å². The summed E-state index contributed by atoms with van der Waals surface area (Å²) in [5.41, 5.74) is 8.96. The van der Waals surface area contributed by atoms with Crippen molar-refractivity contribution in [1.29, 1.82) is 0 Å². The second-order valence-corrected chi connectivity index (χ2v) is 11.3. The molecule has 206 valence electrons. The van der Waals surface area contributed by atoms with Gasteiger partial charge in [0.25, 0.3) is 0 Å². The van der Waals surface area contributed by atoms with Crippen LogP contribution in [0, 0.1) is 12.8 Å². The summed E-state index contributed by atoms with van der Waals surface area (Å²) in [7, 11) is 0. The Hall–Kier alpha value is -2.37. The molecule has 0 spiro atoms. The van der Waals surface area contributed by atoms with Gasteiger partial charge in [-0.1, -0.05) is 59.6 Å². The van der Waals surface area contributed by atoms with Crippen LogP contribution in [0.2, 0.25) is 10.0 Å². The van der Waals surface area contributed by atoms with Crippen molar-refractivity contribution in [2.75, 3.05) is 26.3 Å². The second kappa shape index (κ2) is 12.9. The Morgan fingerprint density at radius 2 is 1.74 bits per heavy atom. The lowest BCUT2D eigenvalue weighted by Gasteiger charge is -2.39. The molecule has 0 radical (unpaired) electrons. The molecule has 7 heteroatoms. The van der Waals surface area contributed by atoms with Crippen LogP contribution in [0.1, 0.15) is 63.0 Å². The summed E-state index contributed by atoms with van der Waals surface area (Å²) >= 11 is 12.9. The molecule has 2 aliphatic rings. The standard InChI is InChI=1S/C32H32Cl2FNO2.ClH/c1-20-25-4-2-5-28(27-11-10-24(33)17-30(27)34)31(29(25)13-12-26(20)32(37)38)23-8-6-21(7-9-23)16-22-18-36(19-22)15-3-14-35;/h6-13,17,22H,2-5,14-16,18-19H2,1H3,(H,37,38);1H. The molecule has 1 N–H and O–H groups in total. The van der Waals surface area contributed by atoms with E-state index in [0.29, 0.717) is 27.9 Å². The third kappa shape index (κ3) is 6.36. The van der Waals surface area contributed by atoms with Gasteiger partial charge in [0.2, 0.25) is 0 Å². The van der Waals surface area contributed by atoms with Crippen molar-refractivity contribution < 1.29 is 14.3 Å². The Bertz CT molecular complexity index is 1380. The van der Waals surface area contributed by atoms with E-state index in [2.05, 4.69) is 29.2 Å². The molecule has 1 fully saturated rings. The minimum Gasteiger partial charge on any atom is -0.478 e. The van der Waals surface area contributed by atoms with E-state index < -0.39 is 5.97 Å². The Labute approximate surface area is 246 Å². The Morgan fingerprint density at radius 1 is 1.03 bits per heavy atom. The maximum atomic E-state index is 12.5. The third-order valence-electron chi connectivity index (χ3n) is 7.92. The zero-order chi connectivity index (χ0) is 26.8. The first-order chi connectivity index (χ1) is 18.4. The second-order valence-electron chi connectivity index (χ2n) is 10.5. The van der Waals surface area contributed by atoms with Crippen molar-refractivity contribution in [3.05, 3.63) is 104 Å². The fraction of sp³-hybridized carbons (Fsp3) is 0.344. The van der Waals surface area contributed by atoms with Crippen LogP contribution in [-0.2, 0) is 12.8 Å². The van der Waals surface area contributed by atoms with E-state index in [1.165, 1.54) is 5.56 Å². The first-order valence-electron chi connectivity index (χ1n) is 13.3. The zero-order valence-corrected chi connectivity index (χ0v) is 24.3. The van der Waals surface area contributed by atoms with Crippen LogP contribution in [0.25, 0.3) is 11.1 Å². The number of nitrogens with zero attached hydrogens (tertiary/aromatic N) is 1. The number of benzene rings is 3. The molecule has 1 aliphatic heterocycles. The molecule has 0 amide bonds. The fourth-order valence-electron chi connectivity index (χ4n) is 6.02. The number of likely N-dealkylation sites (tertiary alicyclic amines) is 1. The topological polar surface area (TPSA) is 40.5 Å². The SMILES string of the molecule is Cc1c(C(=O)O)ccc2c1CCCC(c1ccc(Cl)cc1Cl)=C2c1ccc(CC2CN(CCCF)C2)cc1.Cl. The molecule has 3 nitrogen and oxygen atoms in total. The van der Waals surface area contributed by atoms with Crippen LogP contribution in [0.3, 0.4) is 0 Å². The summed E-state index contributed by atoms with van der Waals surface area (Å²) in [6.07, 6.45) is 4.16. The summed E-state index contributed by atoms with van der Waals surface area (Å²) in [5, 5.41) is 11.0. The van der Waals surface area contributed by atoms with Crippen molar-refractivity contribution in [3.8, 4) is 0 Å². The number of hydrogen-bond donors (Lipinski definition) is 1. The van der Waals surface area contributed by atoms with Crippen LogP contribution < -0.4 is 0 Å². The van der Waals surface area contributed by atoms with Gasteiger partial charge in [-0.2, -0.15) is 0 Å². The first-order valence-corrected chi connectivity index (χ1v) is 14.0. The number of alkyl halides is 1. The van der Waals surface area contributed by atoms with Crippen LogP contribution in [0.4, 0.5) is 4.39 Å². The number of rotatable bonds is 8. The van der Waals surface area contributed by atoms with Gasteiger partial charge in [-0.3, -0.25) is 4.39 Å².